The maximum atomic E-state index is 12.1. The third-order valence-electron chi connectivity index (χ3n) is 5.58. The summed E-state index contributed by atoms with van der Waals surface area (Å²) in [4.78, 5) is 34.0. The molecule has 1 saturated carbocycles. The molecule has 1 N–H and O–H groups in total. The van der Waals surface area contributed by atoms with Gasteiger partial charge in [-0.05, 0) is 75.5 Å². The van der Waals surface area contributed by atoms with Gasteiger partial charge < -0.3 is 19.3 Å². The molecule has 1 aliphatic rings. The first-order valence-corrected chi connectivity index (χ1v) is 11.4. The van der Waals surface area contributed by atoms with Gasteiger partial charge in [0.05, 0.1) is 19.1 Å². The molecule has 176 valence electrons. The van der Waals surface area contributed by atoms with Crippen molar-refractivity contribution >= 4 is 17.9 Å². The Labute approximate surface area is 189 Å². The van der Waals surface area contributed by atoms with Crippen molar-refractivity contribution in [2.75, 3.05) is 13.2 Å². The number of carbonyl (C=O) groups is 3. The van der Waals surface area contributed by atoms with Crippen LogP contribution in [0.1, 0.15) is 63.4 Å². The minimum Gasteiger partial charge on any atom is -0.494 e. The van der Waals surface area contributed by atoms with Crippen molar-refractivity contribution in [1.82, 2.24) is 0 Å². The number of unbranched alkanes of at least 4 members (excludes halogenated alkanes) is 3. The largest absolute Gasteiger partial charge is 0.494 e. The summed E-state index contributed by atoms with van der Waals surface area (Å²) in [6, 6.07) is 7.72. The molecule has 0 bridgehead atoms. The van der Waals surface area contributed by atoms with Gasteiger partial charge in [0.15, 0.2) is 0 Å². The standard InChI is InChI=1S/C25H34O7/c1-2-23(26)31-18-6-4-3-5-17-30-21-12-7-19(8-13-21)9-16-24(27)32-22-14-10-20(11-15-22)25(28)29/h2,7-8,12-13,20,22H,1,3-6,9-11,14-18H2,(H,28,29). The maximum absolute atomic E-state index is 12.1. The highest BCUT2D eigenvalue weighted by Gasteiger charge is 2.27. The van der Waals surface area contributed by atoms with Crippen molar-refractivity contribution in [3.05, 3.63) is 42.5 Å². The molecule has 0 saturated heterocycles. The second-order valence-corrected chi connectivity index (χ2v) is 8.08. The minimum absolute atomic E-state index is 0.156. The quantitative estimate of drug-likeness (QED) is 0.256. The Balaban J connectivity index is 1.54. The van der Waals surface area contributed by atoms with Crippen molar-refractivity contribution in [3.63, 3.8) is 0 Å². The molecule has 7 heteroatoms. The summed E-state index contributed by atoms with van der Waals surface area (Å²) in [5.74, 6) is -0.881. The summed E-state index contributed by atoms with van der Waals surface area (Å²) in [6.07, 6.45) is 8.04. The molecule has 0 aliphatic heterocycles. The molecule has 1 aromatic carbocycles. The summed E-state index contributed by atoms with van der Waals surface area (Å²) < 4.78 is 16.2. The van der Waals surface area contributed by atoms with E-state index >= 15 is 0 Å². The molecule has 0 atom stereocenters. The summed E-state index contributed by atoms with van der Waals surface area (Å²) in [6.45, 7) is 4.40. The van der Waals surface area contributed by atoms with Gasteiger partial charge in [-0.3, -0.25) is 9.59 Å². The van der Waals surface area contributed by atoms with Crippen molar-refractivity contribution < 1.29 is 33.7 Å². The zero-order valence-electron chi connectivity index (χ0n) is 18.6. The predicted molar refractivity (Wildman–Crippen MR) is 119 cm³/mol. The highest BCUT2D eigenvalue weighted by atomic mass is 16.5. The smallest absolute Gasteiger partial charge is 0.330 e. The van der Waals surface area contributed by atoms with E-state index in [2.05, 4.69) is 6.58 Å². The monoisotopic (exact) mass is 446 g/mol. The Morgan fingerprint density at radius 1 is 0.969 bits per heavy atom. The molecular weight excluding hydrogens is 412 g/mol. The van der Waals surface area contributed by atoms with E-state index < -0.39 is 5.97 Å². The zero-order chi connectivity index (χ0) is 23.2. The van der Waals surface area contributed by atoms with Crippen molar-refractivity contribution in [1.29, 1.82) is 0 Å². The van der Waals surface area contributed by atoms with Crippen LogP contribution >= 0.6 is 0 Å². The number of rotatable bonds is 14. The van der Waals surface area contributed by atoms with Crippen LogP contribution in [0.25, 0.3) is 0 Å². The molecule has 2 rings (SSSR count). The fourth-order valence-corrected chi connectivity index (χ4v) is 3.65. The molecule has 0 heterocycles. The summed E-state index contributed by atoms with van der Waals surface area (Å²) >= 11 is 0. The Kier molecular flexibility index (Phi) is 11.3. The SMILES string of the molecule is C=CC(=O)OCCCCCCOc1ccc(CCC(=O)OC2CCC(C(=O)O)CC2)cc1. The number of esters is 2. The van der Waals surface area contributed by atoms with E-state index in [4.69, 9.17) is 19.3 Å². The van der Waals surface area contributed by atoms with E-state index in [1.807, 2.05) is 24.3 Å². The molecule has 1 aromatic rings. The Morgan fingerprint density at radius 2 is 1.62 bits per heavy atom. The number of hydrogen-bond acceptors (Lipinski definition) is 6. The Bertz CT molecular complexity index is 733. The van der Waals surface area contributed by atoms with E-state index in [9.17, 15) is 14.4 Å². The first kappa shape index (κ1) is 25.4. The van der Waals surface area contributed by atoms with Gasteiger partial charge in [0.25, 0.3) is 0 Å². The lowest BCUT2D eigenvalue weighted by atomic mass is 9.87. The highest BCUT2D eigenvalue weighted by Crippen LogP contribution is 2.26. The predicted octanol–water partition coefficient (Wildman–Crippen LogP) is 4.47. The number of hydrogen-bond donors (Lipinski definition) is 1. The molecular formula is C25H34O7. The van der Waals surface area contributed by atoms with Crippen LogP contribution in [0.2, 0.25) is 0 Å². The Hall–Kier alpha value is -2.83. The van der Waals surface area contributed by atoms with Crippen LogP contribution in [-0.4, -0.2) is 42.3 Å². The van der Waals surface area contributed by atoms with Crippen molar-refractivity contribution in [2.24, 2.45) is 5.92 Å². The maximum Gasteiger partial charge on any atom is 0.330 e. The van der Waals surface area contributed by atoms with Gasteiger partial charge >= 0.3 is 17.9 Å². The van der Waals surface area contributed by atoms with Gasteiger partial charge in [-0.25, -0.2) is 4.79 Å². The highest BCUT2D eigenvalue weighted by molar-refractivity contribution is 5.81. The first-order chi connectivity index (χ1) is 15.5. The molecule has 0 spiro atoms. The van der Waals surface area contributed by atoms with Crippen molar-refractivity contribution in [2.45, 2.75) is 70.3 Å². The topological polar surface area (TPSA) is 99.1 Å². The summed E-state index contributed by atoms with van der Waals surface area (Å²) in [7, 11) is 0. The van der Waals surface area contributed by atoms with E-state index in [1.165, 1.54) is 6.08 Å². The number of aliphatic carboxylic acids is 1. The van der Waals surface area contributed by atoms with Crippen LogP contribution in [0.5, 0.6) is 5.75 Å². The summed E-state index contributed by atoms with van der Waals surface area (Å²) in [5.41, 5.74) is 1.04. The van der Waals surface area contributed by atoms with Gasteiger partial charge in [-0.2, -0.15) is 0 Å². The van der Waals surface area contributed by atoms with Gasteiger partial charge in [0.2, 0.25) is 0 Å². The first-order valence-electron chi connectivity index (χ1n) is 11.4. The molecule has 1 aliphatic carbocycles. The van der Waals surface area contributed by atoms with Crippen LogP contribution in [0.15, 0.2) is 36.9 Å². The van der Waals surface area contributed by atoms with Crippen LogP contribution in [0.3, 0.4) is 0 Å². The van der Waals surface area contributed by atoms with Gasteiger partial charge in [0, 0.05) is 12.5 Å². The van der Waals surface area contributed by atoms with E-state index in [0.717, 1.165) is 37.0 Å². The molecule has 1 fully saturated rings. The van der Waals surface area contributed by atoms with Crippen LogP contribution in [0.4, 0.5) is 0 Å². The number of carbonyl (C=O) groups excluding carboxylic acids is 2. The van der Waals surface area contributed by atoms with E-state index in [-0.39, 0.29) is 24.0 Å². The molecule has 7 nitrogen and oxygen atoms in total. The van der Waals surface area contributed by atoms with Crippen LogP contribution in [-0.2, 0) is 30.3 Å². The van der Waals surface area contributed by atoms with Gasteiger partial charge in [0.1, 0.15) is 11.9 Å². The molecule has 32 heavy (non-hydrogen) atoms. The minimum atomic E-state index is -0.758. The fourth-order valence-electron chi connectivity index (χ4n) is 3.65. The second kappa shape index (κ2) is 14.3. The second-order valence-electron chi connectivity index (χ2n) is 8.08. The molecule has 0 aromatic heterocycles. The normalized spacial score (nSPS) is 17.9. The third-order valence-corrected chi connectivity index (χ3v) is 5.58. The van der Waals surface area contributed by atoms with E-state index in [1.54, 1.807) is 0 Å². The Morgan fingerprint density at radius 3 is 2.25 bits per heavy atom. The molecule has 0 radical (unpaired) electrons. The third kappa shape index (κ3) is 9.98. The van der Waals surface area contributed by atoms with Crippen molar-refractivity contribution in [3.8, 4) is 5.75 Å². The number of benzene rings is 1. The summed E-state index contributed by atoms with van der Waals surface area (Å²) in [5, 5.41) is 9.03. The lowest BCUT2D eigenvalue weighted by Gasteiger charge is -2.25. The van der Waals surface area contributed by atoms with Crippen LogP contribution < -0.4 is 4.74 Å². The average Bonchev–Trinajstić information content (AvgIpc) is 2.80. The number of ether oxygens (including phenoxy) is 3. The number of aryl methyl sites for hydroxylation is 1. The number of carboxylic acid groups (broad SMARTS) is 1. The molecule has 0 unspecified atom stereocenters. The lowest BCUT2D eigenvalue weighted by molar-refractivity contribution is -0.152. The van der Waals surface area contributed by atoms with Gasteiger partial charge in [-0.15, -0.1) is 0 Å². The number of carboxylic acids is 1. The lowest BCUT2D eigenvalue weighted by Crippen LogP contribution is -2.27. The zero-order valence-corrected chi connectivity index (χ0v) is 18.6. The van der Waals surface area contributed by atoms with Crippen LogP contribution in [0, 0.1) is 5.92 Å². The molecule has 0 amide bonds. The van der Waals surface area contributed by atoms with Gasteiger partial charge in [-0.1, -0.05) is 18.7 Å². The fraction of sp³-hybridized carbons (Fsp3) is 0.560. The van der Waals surface area contributed by atoms with E-state index in [0.29, 0.717) is 51.7 Å². The average molecular weight is 447 g/mol.